The molecule has 1 aromatic heterocycles. The standard InChI is InChI=1S/C20H25NO8S2/c1-5-9-28-14-8-7-13(11-15(14)29-10-6-2)21-31(24,25)17-12-16(19(22)26-3)30-18(17)20(23)27-4/h7-8,11-12,21H,5-6,9-10H2,1-4H3. The van der Waals surface area contributed by atoms with Crippen molar-refractivity contribution in [1.82, 2.24) is 0 Å². The van der Waals surface area contributed by atoms with E-state index in [0.717, 1.165) is 33.1 Å². The number of nitrogens with one attached hydrogen (secondary N) is 1. The molecule has 0 unspecified atom stereocenters. The summed E-state index contributed by atoms with van der Waals surface area (Å²) >= 11 is 0.675. The number of rotatable bonds is 11. The second-order valence-corrected chi connectivity index (χ2v) is 8.95. The molecule has 0 saturated heterocycles. The molecule has 0 aliphatic rings. The van der Waals surface area contributed by atoms with Gasteiger partial charge in [0.25, 0.3) is 10.0 Å². The van der Waals surface area contributed by atoms with Crippen LogP contribution in [0, 0.1) is 0 Å². The van der Waals surface area contributed by atoms with Crippen LogP contribution < -0.4 is 14.2 Å². The third-order valence-electron chi connectivity index (χ3n) is 3.86. The van der Waals surface area contributed by atoms with Crippen LogP contribution in [0.4, 0.5) is 5.69 Å². The highest BCUT2D eigenvalue weighted by atomic mass is 32.2. The van der Waals surface area contributed by atoms with Crippen molar-refractivity contribution < 1.29 is 37.0 Å². The van der Waals surface area contributed by atoms with E-state index >= 15 is 0 Å². The van der Waals surface area contributed by atoms with Crippen molar-refractivity contribution in [3.63, 3.8) is 0 Å². The van der Waals surface area contributed by atoms with Crippen LogP contribution in [0.25, 0.3) is 0 Å². The van der Waals surface area contributed by atoms with Crippen LogP contribution in [-0.4, -0.2) is 47.8 Å². The molecule has 0 fully saturated rings. The Morgan fingerprint density at radius 2 is 1.55 bits per heavy atom. The highest BCUT2D eigenvalue weighted by Crippen LogP contribution is 2.34. The molecule has 0 spiro atoms. The first-order chi connectivity index (χ1) is 14.8. The van der Waals surface area contributed by atoms with Crippen molar-refractivity contribution in [2.45, 2.75) is 31.6 Å². The lowest BCUT2D eigenvalue weighted by atomic mass is 10.3. The summed E-state index contributed by atoms with van der Waals surface area (Å²) in [7, 11) is -1.95. The molecule has 0 radical (unpaired) electrons. The molecule has 170 valence electrons. The SMILES string of the molecule is CCCOc1ccc(NS(=O)(=O)c2cc(C(=O)OC)sc2C(=O)OC)cc1OCCC. The van der Waals surface area contributed by atoms with Crippen LogP contribution in [0.5, 0.6) is 11.5 Å². The number of hydrogen-bond acceptors (Lipinski definition) is 9. The van der Waals surface area contributed by atoms with E-state index in [-0.39, 0.29) is 20.3 Å². The number of sulfonamides is 1. The Hall–Kier alpha value is -2.79. The zero-order valence-electron chi connectivity index (χ0n) is 17.7. The largest absolute Gasteiger partial charge is 0.490 e. The summed E-state index contributed by atoms with van der Waals surface area (Å²) in [6.45, 7) is 4.83. The molecule has 2 rings (SSSR count). The number of ether oxygens (including phenoxy) is 4. The number of carbonyl (C=O) groups excluding carboxylic acids is 2. The molecule has 0 aliphatic carbocycles. The number of thiophene rings is 1. The van der Waals surface area contributed by atoms with Crippen molar-refractivity contribution >= 4 is 39.0 Å². The van der Waals surface area contributed by atoms with E-state index in [2.05, 4.69) is 14.2 Å². The monoisotopic (exact) mass is 471 g/mol. The summed E-state index contributed by atoms with van der Waals surface area (Å²) < 4.78 is 49.0. The van der Waals surface area contributed by atoms with E-state index in [1.54, 1.807) is 6.07 Å². The molecule has 9 nitrogen and oxygen atoms in total. The summed E-state index contributed by atoms with van der Waals surface area (Å²) in [6, 6.07) is 5.71. The van der Waals surface area contributed by atoms with E-state index < -0.39 is 22.0 Å². The van der Waals surface area contributed by atoms with Crippen LogP contribution >= 0.6 is 11.3 Å². The molecular weight excluding hydrogens is 446 g/mol. The molecule has 0 bridgehead atoms. The molecule has 1 heterocycles. The van der Waals surface area contributed by atoms with Crippen LogP contribution in [0.15, 0.2) is 29.2 Å². The van der Waals surface area contributed by atoms with Crippen molar-refractivity contribution in [2.75, 3.05) is 32.2 Å². The summed E-state index contributed by atoms with van der Waals surface area (Å²) in [6.07, 6.45) is 1.56. The maximum atomic E-state index is 13.0. The first-order valence-corrected chi connectivity index (χ1v) is 11.8. The Bertz CT molecular complexity index is 1030. The topological polar surface area (TPSA) is 117 Å². The second-order valence-electron chi connectivity index (χ2n) is 6.25. The maximum Gasteiger partial charge on any atom is 0.349 e. The summed E-state index contributed by atoms with van der Waals surface area (Å²) in [4.78, 5) is 23.3. The molecule has 2 aromatic rings. The quantitative estimate of drug-likeness (QED) is 0.493. The third-order valence-corrected chi connectivity index (χ3v) is 6.49. The number of esters is 2. The van der Waals surface area contributed by atoms with Gasteiger partial charge in [0.05, 0.1) is 33.1 Å². The molecule has 0 aliphatic heterocycles. The molecule has 0 atom stereocenters. The van der Waals surface area contributed by atoms with Gasteiger partial charge in [-0.1, -0.05) is 13.8 Å². The fourth-order valence-corrected chi connectivity index (χ4v) is 5.01. The van der Waals surface area contributed by atoms with E-state index in [0.29, 0.717) is 36.0 Å². The van der Waals surface area contributed by atoms with Gasteiger partial charge in [-0.2, -0.15) is 0 Å². The van der Waals surface area contributed by atoms with Crippen LogP contribution in [0.3, 0.4) is 0 Å². The molecule has 0 amide bonds. The van der Waals surface area contributed by atoms with Gasteiger partial charge in [-0.05, 0) is 31.0 Å². The molecule has 31 heavy (non-hydrogen) atoms. The number of benzene rings is 1. The van der Waals surface area contributed by atoms with Crippen molar-refractivity contribution in [1.29, 1.82) is 0 Å². The number of anilines is 1. The van der Waals surface area contributed by atoms with Crippen molar-refractivity contribution in [3.05, 3.63) is 34.0 Å². The van der Waals surface area contributed by atoms with E-state index in [1.807, 2.05) is 13.8 Å². The molecule has 1 N–H and O–H groups in total. The minimum Gasteiger partial charge on any atom is -0.490 e. The Kier molecular flexibility index (Phi) is 8.69. The highest BCUT2D eigenvalue weighted by Gasteiger charge is 2.29. The van der Waals surface area contributed by atoms with Crippen molar-refractivity contribution in [3.8, 4) is 11.5 Å². The number of hydrogen-bond donors (Lipinski definition) is 1. The van der Waals surface area contributed by atoms with Gasteiger partial charge in [0.2, 0.25) is 0 Å². The molecule has 11 heteroatoms. The minimum atomic E-state index is -4.23. The Morgan fingerprint density at radius 1 is 0.935 bits per heavy atom. The lowest BCUT2D eigenvalue weighted by molar-refractivity contribution is 0.0596. The zero-order valence-corrected chi connectivity index (χ0v) is 19.4. The van der Waals surface area contributed by atoms with Gasteiger partial charge in [-0.3, -0.25) is 4.72 Å². The highest BCUT2D eigenvalue weighted by molar-refractivity contribution is 7.93. The lowest BCUT2D eigenvalue weighted by Gasteiger charge is -2.14. The minimum absolute atomic E-state index is 0.0430. The predicted octanol–water partition coefficient (Wildman–Crippen LogP) is 3.70. The van der Waals surface area contributed by atoms with Crippen LogP contribution in [-0.2, 0) is 19.5 Å². The zero-order chi connectivity index (χ0) is 23.0. The Labute approximate surface area is 185 Å². The van der Waals surface area contributed by atoms with Gasteiger partial charge in [-0.25, -0.2) is 18.0 Å². The average molecular weight is 472 g/mol. The number of methoxy groups -OCH3 is 2. The van der Waals surface area contributed by atoms with Gasteiger partial charge < -0.3 is 18.9 Å². The summed E-state index contributed by atoms with van der Waals surface area (Å²) in [5.74, 6) is -0.749. The van der Waals surface area contributed by atoms with Gasteiger partial charge in [0.1, 0.15) is 14.6 Å². The van der Waals surface area contributed by atoms with E-state index in [9.17, 15) is 18.0 Å². The van der Waals surface area contributed by atoms with Crippen LogP contribution in [0.2, 0.25) is 0 Å². The van der Waals surface area contributed by atoms with E-state index in [4.69, 9.17) is 9.47 Å². The van der Waals surface area contributed by atoms with Crippen molar-refractivity contribution in [2.24, 2.45) is 0 Å². The second kappa shape index (κ2) is 11.0. The Balaban J connectivity index is 2.42. The smallest absolute Gasteiger partial charge is 0.349 e. The first kappa shape index (κ1) is 24.5. The fourth-order valence-electron chi connectivity index (χ4n) is 2.45. The summed E-state index contributed by atoms with van der Waals surface area (Å²) in [5.41, 5.74) is 0.205. The Morgan fingerprint density at radius 3 is 2.13 bits per heavy atom. The van der Waals surface area contributed by atoms with Gasteiger partial charge in [0.15, 0.2) is 11.5 Å². The first-order valence-electron chi connectivity index (χ1n) is 9.50. The predicted molar refractivity (Wildman–Crippen MR) is 116 cm³/mol. The number of carbonyl (C=O) groups is 2. The molecular formula is C20H25NO8S2. The fraction of sp³-hybridized carbons (Fsp3) is 0.400. The van der Waals surface area contributed by atoms with Gasteiger partial charge in [-0.15, -0.1) is 11.3 Å². The van der Waals surface area contributed by atoms with E-state index in [1.165, 1.54) is 12.1 Å². The molecule has 1 aromatic carbocycles. The van der Waals surface area contributed by atoms with Gasteiger partial charge >= 0.3 is 11.9 Å². The average Bonchev–Trinajstić information content (AvgIpc) is 3.22. The lowest BCUT2D eigenvalue weighted by Crippen LogP contribution is -2.16. The molecule has 0 saturated carbocycles. The maximum absolute atomic E-state index is 13.0. The van der Waals surface area contributed by atoms with Crippen LogP contribution in [0.1, 0.15) is 46.0 Å². The third kappa shape index (κ3) is 6.11. The summed E-state index contributed by atoms with van der Waals surface area (Å²) in [5, 5.41) is 0. The normalized spacial score (nSPS) is 11.0. The van der Waals surface area contributed by atoms with Gasteiger partial charge in [0, 0.05) is 6.07 Å².